The Balaban J connectivity index is 1.54. The minimum absolute atomic E-state index is 0.0158. The van der Waals surface area contributed by atoms with E-state index in [2.05, 4.69) is 23.6 Å². The number of aryl methyl sites for hydroxylation is 1. The van der Waals surface area contributed by atoms with Crippen LogP contribution in [0, 0.1) is 6.92 Å². The van der Waals surface area contributed by atoms with E-state index in [1.165, 1.54) is 0 Å². The van der Waals surface area contributed by atoms with Gasteiger partial charge in [0.2, 0.25) is 12.3 Å². The molecule has 1 fully saturated rings. The van der Waals surface area contributed by atoms with Crippen LogP contribution in [0.25, 0.3) is 10.9 Å². The first-order valence-corrected chi connectivity index (χ1v) is 10.9. The Morgan fingerprint density at radius 2 is 1.72 bits per heavy atom. The van der Waals surface area contributed by atoms with Gasteiger partial charge in [-0.1, -0.05) is 36.4 Å². The van der Waals surface area contributed by atoms with Gasteiger partial charge in [0.15, 0.2) is 0 Å². The molecule has 1 saturated heterocycles. The van der Waals surface area contributed by atoms with E-state index in [1.54, 1.807) is 14.7 Å². The van der Waals surface area contributed by atoms with Gasteiger partial charge in [0.25, 0.3) is 5.91 Å². The number of hydrogen-bond acceptors (Lipinski definition) is 3. The topological polar surface area (TPSA) is 65.9 Å². The Bertz CT molecular complexity index is 1220. The van der Waals surface area contributed by atoms with Crippen molar-refractivity contribution in [2.75, 3.05) is 32.7 Å². The average Bonchev–Trinajstić information content (AvgIpc) is 3.24. The number of amides is 3. The summed E-state index contributed by atoms with van der Waals surface area (Å²) in [5.74, 6) is -0.197. The van der Waals surface area contributed by atoms with Crippen LogP contribution >= 0.6 is 0 Å². The van der Waals surface area contributed by atoms with Crippen LogP contribution in [0.5, 0.6) is 0 Å². The zero-order chi connectivity index (χ0) is 22.4. The minimum atomic E-state index is -0.315. The number of piperazine rings is 1. The van der Waals surface area contributed by atoms with Gasteiger partial charge in [-0.2, -0.15) is 0 Å². The SMILES string of the molecule is Cc1c([C@@H]2c3ccccc3C(=O)N2CC(=O)N2CCN(C=O)CC2)c2ccccc2n1C. The van der Waals surface area contributed by atoms with Crippen molar-refractivity contribution in [1.29, 1.82) is 0 Å². The van der Waals surface area contributed by atoms with Crippen molar-refractivity contribution in [1.82, 2.24) is 19.3 Å². The first kappa shape index (κ1) is 20.3. The number of carbonyl (C=O) groups excluding carboxylic acids is 3. The van der Waals surface area contributed by atoms with Gasteiger partial charge in [0, 0.05) is 61.0 Å². The summed E-state index contributed by atoms with van der Waals surface area (Å²) in [6, 6.07) is 15.5. The van der Waals surface area contributed by atoms with E-state index in [1.807, 2.05) is 43.4 Å². The molecule has 7 heteroatoms. The second-order valence-electron chi connectivity index (χ2n) is 8.52. The maximum Gasteiger partial charge on any atom is 0.255 e. The molecule has 2 aromatic carbocycles. The third-order valence-electron chi connectivity index (χ3n) is 6.90. The molecule has 1 atom stereocenters. The third kappa shape index (κ3) is 3.07. The highest BCUT2D eigenvalue weighted by Gasteiger charge is 2.41. The number of rotatable bonds is 4. The molecule has 0 radical (unpaired) electrons. The standard InChI is InChI=1S/C25H26N4O3/c1-17-23(20-9-5-6-10-21(20)26(17)2)24-18-7-3-4-8-19(18)25(32)29(24)15-22(31)28-13-11-27(16-30)12-14-28/h3-10,16,24H,11-15H2,1-2H3/t24-/m0/s1. The summed E-state index contributed by atoms with van der Waals surface area (Å²) in [6.07, 6.45) is 0.821. The molecule has 0 aliphatic carbocycles. The Hall–Kier alpha value is -3.61. The van der Waals surface area contributed by atoms with Crippen molar-refractivity contribution < 1.29 is 14.4 Å². The monoisotopic (exact) mass is 430 g/mol. The van der Waals surface area contributed by atoms with Crippen LogP contribution in [0.2, 0.25) is 0 Å². The largest absolute Gasteiger partial charge is 0.348 e. The zero-order valence-corrected chi connectivity index (χ0v) is 18.3. The average molecular weight is 431 g/mol. The summed E-state index contributed by atoms with van der Waals surface area (Å²) in [6.45, 7) is 4.11. The van der Waals surface area contributed by atoms with E-state index in [-0.39, 0.29) is 24.4 Å². The molecule has 1 aromatic heterocycles. The summed E-state index contributed by atoms with van der Waals surface area (Å²) >= 11 is 0. The molecular weight excluding hydrogens is 404 g/mol. The molecule has 2 aliphatic rings. The highest BCUT2D eigenvalue weighted by molar-refractivity contribution is 6.02. The lowest BCUT2D eigenvalue weighted by Gasteiger charge is -2.34. The lowest BCUT2D eigenvalue weighted by atomic mass is 9.95. The van der Waals surface area contributed by atoms with Gasteiger partial charge in [-0.3, -0.25) is 14.4 Å². The number of benzene rings is 2. The molecule has 3 aromatic rings. The van der Waals surface area contributed by atoms with Gasteiger partial charge >= 0.3 is 0 Å². The highest BCUT2D eigenvalue weighted by Crippen LogP contribution is 2.43. The van der Waals surface area contributed by atoms with Gasteiger partial charge in [-0.25, -0.2) is 0 Å². The molecule has 0 bridgehead atoms. The predicted octanol–water partition coefficient (Wildman–Crippen LogP) is 2.33. The first-order valence-electron chi connectivity index (χ1n) is 10.9. The molecule has 3 heterocycles. The zero-order valence-electron chi connectivity index (χ0n) is 18.3. The molecule has 0 spiro atoms. The summed E-state index contributed by atoms with van der Waals surface area (Å²) in [4.78, 5) is 42.8. The van der Waals surface area contributed by atoms with Crippen LogP contribution in [-0.2, 0) is 16.6 Å². The Kier molecular flexibility index (Phi) is 4.96. The fraction of sp³-hybridized carbons (Fsp3) is 0.320. The molecule has 2 aliphatic heterocycles. The fourth-order valence-corrected chi connectivity index (χ4v) is 5.06. The number of para-hydroxylation sites is 1. The molecular formula is C25H26N4O3. The smallest absolute Gasteiger partial charge is 0.255 e. The van der Waals surface area contributed by atoms with Gasteiger partial charge in [0.1, 0.15) is 6.54 Å². The molecule has 32 heavy (non-hydrogen) atoms. The number of hydrogen-bond donors (Lipinski definition) is 0. The second-order valence-corrected chi connectivity index (χ2v) is 8.52. The molecule has 0 unspecified atom stereocenters. The van der Waals surface area contributed by atoms with Gasteiger partial charge in [0.05, 0.1) is 6.04 Å². The summed E-state index contributed by atoms with van der Waals surface area (Å²) < 4.78 is 2.15. The number of nitrogens with zero attached hydrogens (tertiary/aromatic N) is 4. The van der Waals surface area contributed by atoms with E-state index < -0.39 is 0 Å². The van der Waals surface area contributed by atoms with Crippen molar-refractivity contribution in [2.45, 2.75) is 13.0 Å². The molecule has 0 N–H and O–H groups in total. The second kappa shape index (κ2) is 7.82. The summed E-state index contributed by atoms with van der Waals surface area (Å²) in [5.41, 5.74) is 4.85. The number of aromatic nitrogens is 1. The summed E-state index contributed by atoms with van der Waals surface area (Å²) in [5, 5.41) is 1.10. The predicted molar refractivity (Wildman–Crippen MR) is 121 cm³/mol. The maximum absolute atomic E-state index is 13.4. The molecule has 3 amide bonds. The Morgan fingerprint density at radius 3 is 2.47 bits per heavy atom. The Labute approximate surface area is 186 Å². The van der Waals surface area contributed by atoms with Crippen molar-refractivity contribution in [3.05, 3.63) is 70.9 Å². The minimum Gasteiger partial charge on any atom is -0.348 e. The third-order valence-corrected chi connectivity index (χ3v) is 6.90. The maximum atomic E-state index is 13.4. The lowest BCUT2D eigenvalue weighted by Crippen LogP contribution is -2.51. The summed E-state index contributed by atoms with van der Waals surface area (Å²) in [7, 11) is 2.03. The quantitative estimate of drug-likeness (QED) is 0.597. The van der Waals surface area contributed by atoms with Crippen molar-refractivity contribution in [3.8, 4) is 0 Å². The van der Waals surface area contributed by atoms with Gasteiger partial charge in [-0.05, 0) is 24.6 Å². The van der Waals surface area contributed by atoms with E-state index >= 15 is 0 Å². The fourth-order valence-electron chi connectivity index (χ4n) is 5.06. The van der Waals surface area contributed by atoms with Crippen LogP contribution in [0.15, 0.2) is 48.5 Å². The molecule has 7 nitrogen and oxygen atoms in total. The van der Waals surface area contributed by atoms with Crippen LogP contribution in [0.3, 0.4) is 0 Å². The molecule has 0 saturated carbocycles. The van der Waals surface area contributed by atoms with Crippen molar-refractivity contribution >= 4 is 29.1 Å². The van der Waals surface area contributed by atoms with Crippen molar-refractivity contribution in [2.24, 2.45) is 7.05 Å². The normalized spacial score (nSPS) is 18.4. The van der Waals surface area contributed by atoms with Crippen LogP contribution in [0.4, 0.5) is 0 Å². The lowest BCUT2D eigenvalue weighted by molar-refractivity contribution is -0.135. The molecule has 164 valence electrons. The van der Waals surface area contributed by atoms with E-state index in [0.29, 0.717) is 31.7 Å². The number of carbonyl (C=O) groups is 3. The van der Waals surface area contributed by atoms with E-state index in [9.17, 15) is 14.4 Å². The van der Waals surface area contributed by atoms with E-state index in [0.717, 1.165) is 34.1 Å². The van der Waals surface area contributed by atoms with Crippen LogP contribution < -0.4 is 0 Å². The number of fused-ring (bicyclic) bond motifs is 2. The van der Waals surface area contributed by atoms with Crippen LogP contribution in [0.1, 0.15) is 33.2 Å². The highest BCUT2D eigenvalue weighted by atomic mass is 16.2. The first-order chi connectivity index (χ1) is 15.5. The van der Waals surface area contributed by atoms with Crippen molar-refractivity contribution in [3.63, 3.8) is 0 Å². The van der Waals surface area contributed by atoms with Gasteiger partial charge in [-0.15, -0.1) is 0 Å². The molecule has 5 rings (SSSR count). The van der Waals surface area contributed by atoms with Gasteiger partial charge < -0.3 is 19.3 Å². The van der Waals surface area contributed by atoms with E-state index in [4.69, 9.17) is 0 Å². The Morgan fingerprint density at radius 1 is 1.03 bits per heavy atom. The van der Waals surface area contributed by atoms with Crippen LogP contribution in [-0.4, -0.2) is 70.2 Å².